The first kappa shape index (κ1) is 22.3. The Kier molecular flexibility index (Phi) is 7.28. The maximum Gasteiger partial charge on any atom is 0.407 e. The molecule has 0 fully saturated rings. The molecular weight excluding hydrogens is 396 g/mol. The van der Waals surface area contributed by atoms with Crippen molar-refractivity contribution in [1.29, 1.82) is 0 Å². The Hall–Kier alpha value is -3.35. The van der Waals surface area contributed by atoms with Crippen molar-refractivity contribution in [2.45, 2.75) is 38.6 Å². The molecule has 0 saturated heterocycles. The van der Waals surface area contributed by atoms with E-state index in [9.17, 15) is 14.4 Å². The van der Waals surface area contributed by atoms with Crippen LogP contribution in [0.15, 0.2) is 48.5 Å². The Morgan fingerprint density at radius 1 is 1.00 bits per heavy atom. The van der Waals surface area contributed by atoms with Gasteiger partial charge in [0.15, 0.2) is 0 Å². The van der Waals surface area contributed by atoms with Gasteiger partial charge in [-0.15, -0.1) is 0 Å². The summed E-state index contributed by atoms with van der Waals surface area (Å²) in [5.41, 5.74) is 4.58. The van der Waals surface area contributed by atoms with Crippen LogP contribution in [-0.4, -0.2) is 42.3 Å². The normalized spacial score (nSPS) is 13.3. The number of nitrogens with one attached hydrogen (secondary N) is 2. The van der Waals surface area contributed by atoms with Crippen LogP contribution >= 0.6 is 0 Å². The number of hydrogen-bond donors (Lipinski definition) is 3. The number of carbonyl (C=O) groups is 3. The van der Waals surface area contributed by atoms with Crippen LogP contribution in [0, 0.1) is 5.92 Å². The standard InChI is InChI=1S/C24H28N2O5/c1-15(2)21(13-23(28)29)26-22(27)11-12-25-24(30)31-14-20-18-9-5-3-7-16(18)17-8-4-6-10-19(17)20/h3-10,15,20-21H,11-14H2,1-2H3,(H,25,30)(H,26,27)(H,28,29)/t21-/m0/s1. The van der Waals surface area contributed by atoms with Crippen molar-refractivity contribution in [3.8, 4) is 11.1 Å². The molecule has 0 bridgehead atoms. The third-order valence-corrected chi connectivity index (χ3v) is 5.51. The average Bonchev–Trinajstić information content (AvgIpc) is 3.05. The third-order valence-electron chi connectivity index (χ3n) is 5.51. The molecule has 0 radical (unpaired) electrons. The summed E-state index contributed by atoms with van der Waals surface area (Å²) >= 11 is 0. The van der Waals surface area contributed by atoms with Gasteiger partial charge in [-0.2, -0.15) is 0 Å². The van der Waals surface area contributed by atoms with Gasteiger partial charge in [-0.25, -0.2) is 4.79 Å². The molecule has 1 aliphatic rings. The van der Waals surface area contributed by atoms with Crippen LogP contribution in [-0.2, 0) is 14.3 Å². The van der Waals surface area contributed by atoms with Gasteiger partial charge in [0.05, 0.1) is 6.42 Å². The van der Waals surface area contributed by atoms with E-state index in [2.05, 4.69) is 22.8 Å². The summed E-state index contributed by atoms with van der Waals surface area (Å²) in [6.07, 6.45) is -0.670. The van der Waals surface area contributed by atoms with Gasteiger partial charge in [0.2, 0.25) is 5.91 Å². The van der Waals surface area contributed by atoms with Crippen molar-refractivity contribution in [1.82, 2.24) is 10.6 Å². The summed E-state index contributed by atoms with van der Waals surface area (Å²) in [4.78, 5) is 35.1. The van der Waals surface area contributed by atoms with Crippen LogP contribution in [0.1, 0.15) is 43.7 Å². The Balaban J connectivity index is 1.47. The van der Waals surface area contributed by atoms with Crippen LogP contribution in [0.4, 0.5) is 4.79 Å². The van der Waals surface area contributed by atoms with E-state index in [1.165, 1.54) is 0 Å². The lowest BCUT2D eigenvalue weighted by molar-refractivity contribution is -0.138. The zero-order chi connectivity index (χ0) is 22.4. The molecule has 7 heteroatoms. The van der Waals surface area contributed by atoms with Gasteiger partial charge in [-0.1, -0.05) is 62.4 Å². The van der Waals surface area contributed by atoms with E-state index in [-0.39, 0.29) is 43.7 Å². The largest absolute Gasteiger partial charge is 0.481 e. The number of ether oxygens (including phenoxy) is 1. The highest BCUT2D eigenvalue weighted by molar-refractivity contribution is 5.79. The average molecular weight is 424 g/mol. The number of carboxylic acids is 1. The number of fused-ring (bicyclic) bond motifs is 3. The molecule has 0 saturated carbocycles. The maximum atomic E-state index is 12.1. The van der Waals surface area contributed by atoms with E-state index in [1.807, 2.05) is 50.2 Å². The van der Waals surface area contributed by atoms with Crippen molar-refractivity contribution in [3.63, 3.8) is 0 Å². The highest BCUT2D eigenvalue weighted by Gasteiger charge is 2.29. The molecule has 0 aliphatic heterocycles. The van der Waals surface area contributed by atoms with Gasteiger partial charge >= 0.3 is 12.1 Å². The number of hydrogen-bond acceptors (Lipinski definition) is 4. The third kappa shape index (κ3) is 5.63. The number of benzene rings is 2. The Bertz CT molecular complexity index is 911. The van der Waals surface area contributed by atoms with Gasteiger partial charge in [-0.05, 0) is 28.2 Å². The molecular formula is C24H28N2O5. The first-order valence-electron chi connectivity index (χ1n) is 10.5. The smallest absolute Gasteiger partial charge is 0.407 e. The van der Waals surface area contributed by atoms with Crippen LogP contribution in [0.2, 0.25) is 0 Å². The van der Waals surface area contributed by atoms with Crippen molar-refractivity contribution in [2.24, 2.45) is 5.92 Å². The number of aliphatic carboxylic acids is 1. The monoisotopic (exact) mass is 424 g/mol. The minimum Gasteiger partial charge on any atom is -0.481 e. The molecule has 0 heterocycles. The second-order valence-corrected chi connectivity index (χ2v) is 8.02. The van der Waals surface area contributed by atoms with Gasteiger partial charge in [0.1, 0.15) is 6.61 Å². The Morgan fingerprint density at radius 2 is 1.58 bits per heavy atom. The molecule has 1 atom stereocenters. The lowest BCUT2D eigenvalue weighted by Gasteiger charge is -2.20. The molecule has 3 rings (SSSR count). The molecule has 0 unspecified atom stereocenters. The minimum absolute atomic E-state index is 0.00450. The van der Waals surface area contributed by atoms with E-state index in [4.69, 9.17) is 9.84 Å². The van der Waals surface area contributed by atoms with Crippen LogP contribution in [0.5, 0.6) is 0 Å². The summed E-state index contributed by atoms with van der Waals surface area (Å²) < 4.78 is 5.43. The zero-order valence-corrected chi connectivity index (χ0v) is 17.8. The van der Waals surface area contributed by atoms with Crippen molar-refractivity contribution in [2.75, 3.05) is 13.2 Å². The van der Waals surface area contributed by atoms with Crippen LogP contribution in [0.25, 0.3) is 11.1 Å². The molecule has 31 heavy (non-hydrogen) atoms. The fourth-order valence-electron chi connectivity index (χ4n) is 3.85. The molecule has 0 aromatic heterocycles. The molecule has 3 N–H and O–H groups in total. The quantitative estimate of drug-likeness (QED) is 0.571. The Labute approximate surface area is 181 Å². The zero-order valence-electron chi connectivity index (χ0n) is 17.8. The SMILES string of the molecule is CC(C)[C@H](CC(=O)O)NC(=O)CCNC(=O)OCC1c2ccccc2-c2ccccc21. The second kappa shape index (κ2) is 10.1. The number of rotatable bonds is 9. The van der Waals surface area contributed by atoms with E-state index in [0.717, 1.165) is 22.3 Å². The second-order valence-electron chi connectivity index (χ2n) is 8.02. The predicted octanol–water partition coefficient (Wildman–Crippen LogP) is 3.53. The lowest BCUT2D eigenvalue weighted by Crippen LogP contribution is -2.41. The van der Waals surface area contributed by atoms with Crippen LogP contribution < -0.4 is 10.6 Å². The number of alkyl carbamates (subject to hydrolysis) is 1. The van der Waals surface area contributed by atoms with E-state index in [0.29, 0.717) is 0 Å². The summed E-state index contributed by atoms with van der Waals surface area (Å²) in [5.74, 6) is -1.30. The molecule has 2 aromatic carbocycles. The minimum atomic E-state index is -0.962. The molecule has 2 amide bonds. The predicted molar refractivity (Wildman–Crippen MR) is 117 cm³/mol. The lowest BCUT2D eigenvalue weighted by atomic mass is 9.98. The van der Waals surface area contributed by atoms with Gasteiger partial charge in [0, 0.05) is 24.9 Å². The summed E-state index contributed by atoms with van der Waals surface area (Å²) in [7, 11) is 0. The summed E-state index contributed by atoms with van der Waals surface area (Å²) in [6.45, 7) is 4.02. The summed E-state index contributed by atoms with van der Waals surface area (Å²) in [5, 5.41) is 14.2. The van der Waals surface area contributed by atoms with Crippen LogP contribution in [0.3, 0.4) is 0 Å². The van der Waals surface area contributed by atoms with Gasteiger partial charge in [-0.3, -0.25) is 9.59 Å². The van der Waals surface area contributed by atoms with Gasteiger partial charge < -0.3 is 20.5 Å². The Morgan fingerprint density at radius 3 is 2.13 bits per heavy atom. The molecule has 164 valence electrons. The van der Waals surface area contributed by atoms with Crippen molar-refractivity contribution >= 4 is 18.0 Å². The van der Waals surface area contributed by atoms with E-state index < -0.39 is 18.1 Å². The molecule has 7 nitrogen and oxygen atoms in total. The van der Waals surface area contributed by atoms with Crippen molar-refractivity contribution in [3.05, 3.63) is 59.7 Å². The fourth-order valence-corrected chi connectivity index (χ4v) is 3.85. The molecule has 2 aromatic rings. The fraction of sp³-hybridized carbons (Fsp3) is 0.375. The van der Waals surface area contributed by atoms with Crippen molar-refractivity contribution < 1.29 is 24.2 Å². The number of amides is 2. The van der Waals surface area contributed by atoms with E-state index in [1.54, 1.807) is 0 Å². The van der Waals surface area contributed by atoms with Gasteiger partial charge in [0.25, 0.3) is 0 Å². The van der Waals surface area contributed by atoms with E-state index >= 15 is 0 Å². The highest BCUT2D eigenvalue weighted by Crippen LogP contribution is 2.44. The molecule has 1 aliphatic carbocycles. The number of carbonyl (C=O) groups excluding carboxylic acids is 2. The summed E-state index contributed by atoms with van der Waals surface area (Å²) in [6, 6.07) is 15.7. The first-order chi connectivity index (χ1) is 14.9. The topological polar surface area (TPSA) is 105 Å². The first-order valence-corrected chi connectivity index (χ1v) is 10.5. The highest BCUT2D eigenvalue weighted by atomic mass is 16.5. The molecule has 0 spiro atoms. The number of carboxylic acid groups (broad SMARTS) is 1. The maximum absolute atomic E-state index is 12.1.